The number of pyridine rings is 1. The molecule has 0 fully saturated rings. The number of carbonyl (C=O) groups is 1. The summed E-state index contributed by atoms with van der Waals surface area (Å²) in [4.78, 5) is 19.1. The first kappa shape index (κ1) is 14.8. The Hall–Kier alpha value is -3.78. The van der Waals surface area contributed by atoms with Crippen molar-refractivity contribution in [1.29, 1.82) is 0 Å². The molecule has 2 N–H and O–H groups in total. The smallest absolute Gasteiger partial charge is 0.337 e. The van der Waals surface area contributed by atoms with Crippen LogP contribution in [0, 0.1) is 11.8 Å². The molecular weight excluding hydrogens is 314 g/mol. The molecule has 5 nitrogen and oxygen atoms in total. The van der Waals surface area contributed by atoms with Crippen LogP contribution in [0.15, 0.2) is 67.1 Å². The largest absolute Gasteiger partial charge is 0.478 e. The van der Waals surface area contributed by atoms with Crippen LogP contribution in [0.25, 0.3) is 16.7 Å². The number of carboxylic acid groups (broad SMARTS) is 1. The van der Waals surface area contributed by atoms with Crippen molar-refractivity contribution >= 4 is 17.0 Å². The van der Waals surface area contributed by atoms with Gasteiger partial charge in [-0.2, -0.15) is 0 Å². The molecule has 0 saturated carbocycles. The number of para-hydroxylation sites is 1. The van der Waals surface area contributed by atoms with Gasteiger partial charge in [0.1, 0.15) is 11.3 Å². The second-order valence-electron chi connectivity index (χ2n) is 5.46. The van der Waals surface area contributed by atoms with Crippen molar-refractivity contribution in [3.05, 3.63) is 83.9 Å². The summed E-state index contributed by atoms with van der Waals surface area (Å²) in [5.41, 5.74) is 2.78. The molecule has 0 bridgehead atoms. The third-order valence-corrected chi connectivity index (χ3v) is 3.86. The van der Waals surface area contributed by atoms with Crippen LogP contribution < -0.4 is 0 Å². The Labute approximate surface area is 143 Å². The van der Waals surface area contributed by atoms with Crippen molar-refractivity contribution in [2.45, 2.75) is 0 Å². The number of rotatable bonds is 2. The molecule has 3 heterocycles. The van der Waals surface area contributed by atoms with Gasteiger partial charge in [0, 0.05) is 29.5 Å². The summed E-state index contributed by atoms with van der Waals surface area (Å²) in [7, 11) is 0. The topological polar surface area (TPSA) is 70.9 Å². The Morgan fingerprint density at radius 1 is 1.04 bits per heavy atom. The van der Waals surface area contributed by atoms with Crippen LogP contribution in [0.1, 0.15) is 21.6 Å². The molecule has 0 radical (unpaired) electrons. The van der Waals surface area contributed by atoms with Gasteiger partial charge < -0.3 is 14.7 Å². The molecule has 0 spiro atoms. The van der Waals surface area contributed by atoms with Crippen LogP contribution in [-0.4, -0.2) is 25.6 Å². The number of hydrogen-bond donors (Lipinski definition) is 2. The molecule has 0 saturated heterocycles. The second-order valence-corrected chi connectivity index (χ2v) is 5.46. The maximum absolute atomic E-state index is 11.6. The highest BCUT2D eigenvalue weighted by Crippen LogP contribution is 2.20. The van der Waals surface area contributed by atoms with E-state index in [1.165, 1.54) is 0 Å². The first-order valence-electron chi connectivity index (χ1n) is 7.68. The van der Waals surface area contributed by atoms with E-state index < -0.39 is 5.97 Å². The molecule has 0 aliphatic rings. The normalized spacial score (nSPS) is 10.4. The Morgan fingerprint density at radius 2 is 1.88 bits per heavy atom. The Balaban J connectivity index is 1.83. The maximum atomic E-state index is 11.6. The lowest BCUT2D eigenvalue weighted by Gasteiger charge is -2.10. The van der Waals surface area contributed by atoms with Gasteiger partial charge in [-0.15, -0.1) is 0 Å². The minimum absolute atomic E-state index is 0.204. The van der Waals surface area contributed by atoms with Crippen molar-refractivity contribution in [2.75, 3.05) is 0 Å². The summed E-state index contributed by atoms with van der Waals surface area (Å²) in [5, 5.41) is 10.5. The number of aromatic carboxylic acids is 1. The lowest BCUT2D eigenvalue weighted by Crippen LogP contribution is -2.06. The number of nitrogens with zero attached hydrogens (tertiary/aromatic N) is 2. The van der Waals surface area contributed by atoms with E-state index in [1.807, 2.05) is 42.6 Å². The predicted molar refractivity (Wildman–Crippen MR) is 94.8 cm³/mol. The molecule has 0 aliphatic carbocycles. The van der Waals surface area contributed by atoms with Gasteiger partial charge in [0.15, 0.2) is 0 Å². The van der Waals surface area contributed by atoms with E-state index in [1.54, 1.807) is 29.1 Å². The molecule has 1 aromatic carbocycles. The molecule has 120 valence electrons. The highest BCUT2D eigenvalue weighted by molar-refractivity contribution is 5.93. The minimum Gasteiger partial charge on any atom is -0.478 e. The van der Waals surface area contributed by atoms with E-state index in [0.29, 0.717) is 16.9 Å². The van der Waals surface area contributed by atoms with E-state index in [2.05, 4.69) is 21.8 Å². The van der Waals surface area contributed by atoms with Crippen molar-refractivity contribution in [2.24, 2.45) is 0 Å². The molecule has 4 aromatic rings. The van der Waals surface area contributed by atoms with Crippen LogP contribution in [0.4, 0.5) is 0 Å². The van der Waals surface area contributed by atoms with Gasteiger partial charge in [0.05, 0.1) is 11.3 Å². The number of benzene rings is 1. The monoisotopic (exact) mass is 327 g/mol. The molecule has 5 heteroatoms. The average Bonchev–Trinajstić information content (AvgIpc) is 3.30. The number of nitrogens with one attached hydrogen (secondary N) is 1. The summed E-state index contributed by atoms with van der Waals surface area (Å²) in [5.74, 6) is 5.10. The Bertz CT molecular complexity index is 1130. The van der Waals surface area contributed by atoms with Crippen molar-refractivity contribution in [3.63, 3.8) is 0 Å². The minimum atomic E-state index is -0.988. The Morgan fingerprint density at radius 3 is 2.68 bits per heavy atom. The van der Waals surface area contributed by atoms with E-state index in [9.17, 15) is 9.90 Å². The molecule has 0 amide bonds. The molecule has 0 aliphatic heterocycles. The molecular formula is C20H13N3O2. The van der Waals surface area contributed by atoms with Gasteiger partial charge in [-0.1, -0.05) is 12.0 Å². The maximum Gasteiger partial charge on any atom is 0.337 e. The lowest BCUT2D eigenvalue weighted by atomic mass is 10.1. The van der Waals surface area contributed by atoms with Crippen molar-refractivity contribution in [3.8, 4) is 17.5 Å². The number of hydrogen-bond acceptors (Lipinski definition) is 2. The summed E-state index contributed by atoms with van der Waals surface area (Å²) in [6.07, 6.45) is 5.43. The van der Waals surface area contributed by atoms with Crippen molar-refractivity contribution in [1.82, 2.24) is 14.5 Å². The summed E-state index contributed by atoms with van der Waals surface area (Å²) >= 11 is 0. The zero-order valence-electron chi connectivity index (χ0n) is 13.1. The fourth-order valence-corrected chi connectivity index (χ4v) is 2.71. The fourth-order valence-electron chi connectivity index (χ4n) is 2.71. The third-order valence-electron chi connectivity index (χ3n) is 3.86. The van der Waals surface area contributed by atoms with Crippen LogP contribution in [0.3, 0.4) is 0 Å². The molecule has 0 unspecified atom stereocenters. The molecule has 0 atom stereocenters. The van der Waals surface area contributed by atoms with Gasteiger partial charge in [0.25, 0.3) is 0 Å². The van der Waals surface area contributed by atoms with E-state index in [0.717, 1.165) is 11.0 Å². The number of fused-ring (bicyclic) bond motifs is 1. The van der Waals surface area contributed by atoms with Crippen molar-refractivity contribution < 1.29 is 9.90 Å². The van der Waals surface area contributed by atoms with E-state index >= 15 is 0 Å². The van der Waals surface area contributed by atoms with Crippen LogP contribution in [0.2, 0.25) is 0 Å². The first-order valence-corrected chi connectivity index (χ1v) is 7.68. The third kappa shape index (κ3) is 2.77. The van der Waals surface area contributed by atoms with Gasteiger partial charge in [0.2, 0.25) is 0 Å². The van der Waals surface area contributed by atoms with Crippen LogP contribution >= 0.6 is 0 Å². The van der Waals surface area contributed by atoms with Crippen LogP contribution in [-0.2, 0) is 0 Å². The standard InChI is InChI=1S/C20H13N3O2/c24-20(25)17-5-3-4-14(18(17)23-12-1-2-13-23)6-8-16-9-7-15-10-11-21-19(15)22-16/h1-5,7,9-13H,(H,21,22)(H,24,25). The zero-order chi connectivity index (χ0) is 17.2. The van der Waals surface area contributed by atoms with Crippen LogP contribution in [0.5, 0.6) is 0 Å². The lowest BCUT2D eigenvalue weighted by molar-refractivity contribution is 0.0697. The number of H-pyrrole nitrogens is 1. The van der Waals surface area contributed by atoms with Gasteiger partial charge in [-0.05, 0) is 48.4 Å². The molecule has 4 rings (SSSR count). The van der Waals surface area contributed by atoms with Gasteiger partial charge >= 0.3 is 5.97 Å². The quantitative estimate of drug-likeness (QED) is 0.554. The number of carboxylic acids is 1. The fraction of sp³-hybridized carbons (Fsp3) is 0. The van der Waals surface area contributed by atoms with E-state index in [4.69, 9.17) is 0 Å². The first-order chi connectivity index (χ1) is 12.2. The average molecular weight is 327 g/mol. The molecule has 25 heavy (non-hydrogen) atoms. The highest BCUT2D eigenvalue weighted by Gasteiger charge is 2.14. The summed E-state index contributed by atoms with van der Waals surface area (Å²) in [6.45, 7) is 0. The molecule has 3 aromatic heterocycles. The summed E-state index contributed by atoms with van der Waals surface area (Å²) < 4.78 is 1.76. The number of aromatic amines is 1. The van der Waals surface area contributed by atoms with E-state index in [-0.39, 0.29) is 5.56 Å². The number of aromatic nitrogens is 3. The SMILES string of the molecule is O=C(O)c1cccc(C#Cc2ccc3cc[nH]c3n2)c1-n1cccc1. The highest BCUT2D eigenvalue weighted by atomic mass is 16.4. The summed E-state index contributed by atoms with van der Waals surface area (Å²) in [6, 6.07) is 14.5. The second kappa shape index (κ2) is 6.02. The Kier molecular flexibility index (Phi) is 3.56. The zero-order valence-corrected chi connectivity index (χ0v) is 13.1. The van der Waals surface area contributed by atoms with Gasteiger partial charge in [-0.3, -0.25) is 0 Å². The van der Waals surface area contributed by atoms with Gasteiger partial charge in [-0.25, -0.2) is 9.78 Å². The predicted octanol–water partition coefficient (Wildman–Crippen LogP) is 3.45.